The molecule has 1 atom stereocenters. The molecular weight excluding hydrogens is 391 g/mol. The van der Waals surface area contributed by atoms with Crippen LogP contribution in [0.25, 0.3) is 0 Å². The van der Waals surface area contributed by atoms with Crippen LogP contribution in [0.5, 0.6) is 0 Å². The van der Waals surface area contributed by atoms with Gasteiger partial charge in [-0.25, -0.2) is 0 Å². The monoisotopic (exact) mass is 420 g/mol. The smallest absolute Gasteiger partial charge is 0.191 e. The van der Waals surface area contributed by atoms with E-state index < -0.39 is 0 Å². The van der Waals surface area contributed by atoms with Gasteiger partial charge in [0.15, 0.2) is 5.96 Å². The van der Waals surface area contributed by atoms with Crippen LogP contribution in [0.1, 0.15) is 25.3 Å². The summed E-state index contributed by atoms with van der Waals surface area (Å²) in [5.41, 5.74) is 1.19. The van der Waals surface area contributed by atoms with E-state index in [0.29, 0.717) is 6.04 Å². The molecule has 6 nitrogen and oxygen atoms in total. The summed E-state index contributed by atoms with van der Waals surface area (Å²) in [6, 6.07) is 0.641. The van der Waals surface area contributed by atoms with Crippen LogP contribution >= 0.6 is 24.0 Å². The maximum Gasteiger partial charge on any atom is 0.191 e. The van der Waals surface area contributed by atoms with Gasteiger partial charge in [0.05, 0.1) is 12.7 Å². The largest absolute Gasteiger partial charge is 0.355 e. The van der Waals surface area contributed by atoms with E-state index in [9.17, 15) is 0 Å². The summed E-state index contributed by atoms with van der Waals surface area (Å²) >= 11 is 0. The predicted octanol–water partition coefficient (Wildman–Crippen LogP) is 1.46. The second-order valence-electron chi connectivity index (χ2n) is 5.59. The van der Waals surface area contributed by atoms with Gasteiger partial charge in [0.2, 0.25) is 0 Å². The van der Waals surface area contributed by atoms with Crippen molar-refractivity contribution in [3.05, 3.63) is 18.0 Å². The summed E-state index contributed by atoms with van der Waals surface area (Å²) in [6.45, 7) is 9.29. The third-order valence-electron chi connectivity index (χ3n) is 4.03. The van der Waals surface area contributed by atoms with Gasteiger partial charge in [-0.3, -0.25) is 14.6 Å². The van der Waals surface area contributed by atoms with E-state index in [0.717, 1.165) is 32.1 Å². The lowest BCUT2D eigenvalue weighted by Gasteiger charge is -2.23. The van der Waals surface area contributed by atoms with Crippen molar-refractivity contribution in [3.8, 4) is 0 Å². The van der Waals surface area contributed by atoms with E-state index in [-0.39, 0.29) is 24.0 Å². The van der Waals surface area contributed by atoms with Gasteiger partial charge in [-0.1, -0.05) is 6.92 Å². The van der Waals surface area contributed by atoms with Gasteiger partial charge in [0.25, 0.3) is 0 Å². The number of nitrogens with one attached hydrogen (secondary N) is 2. The van der Waals surface area contributed by atoms with Crippen LogP contribution in [-0.2, 0) is 6.54 Å². The highest BCUT2D eigenvalue weighted by Crippen LogP contribution is 2.15. The lowest BCUT2D eigenvalue weighted by Crippen LogP contribution is -2.45. The van der Waals surface area contributed by atoms with Crippen LogP contribution in [0, 0.1) is 6.92 Å². The third-order valence-corrected chi connectivity index (χ3v) is 4.03. The maximum absolute atomic E-state index is 4.28. The Morgan fingerprint density at radius 2 is 2.27 bits per heavy atom. The number of likely N-dealkylation sites (N-methyl/N-ethyl adjacent to an activating group) is 1. The van der Waals surface area contributed by atoms with E-state index in [1.54, 1.807) is 0 Å². The molecule has 1 saturated heterocycles. The quantitative estimate of drug-likeness (QED) is 0.416. The minimum atomic E-state index is 0. The molecule has 1 unspecified atom stereocenters. The summed E-state index contributed by atoms with van der Waals surface area (Å²) in [7, 11) is 1.82. The minimum absolute atomic E-state index is 0. The Morgan fingerprint density at radius 3 is 2.91 bits per heavy atom. The molecule has 22 heavy (non-hydrogen) atoms. The Kier molecular flexibility index (Phi) is 8.77. The summed E-state index contributed by atoms with van der Waals surface area (Å²) < 4.78 is 1.95. The van der Waals surface area contributed by atoms with Crippen molar-refractivity contribution in [2.24, 2.45) is 4.99 Å². The second kappa shape index (κ2) is 10.0. The fourth-order valence-corrected chi connectivity index (χ4v) is 2.86. The maximum atomic E-state index is 4.28. The van der Waals surface area contributed by atoms with Crippen molar-refractivity contribution in [1.29, 1.82) is 0 Å². The van der Waals surface area contributed by atoms with E-state index in [1.807, 2.05) is 17.9 Å². The molecule has 1 aliphatic rings. The number of aromatic nitrogens is 2. The van der Waals surface area contributed by atoms with Crippen molar-refractivity contribution in [2.75, 3.05) is 33.2 Å². The Hall–Kier alpha value is -0.830. The third kappa shape index (κ3) is 5.75. The van der Waals surface area contributed by atoms with Crippen LogP contribution < -0.4 is 10.6 Å². The van der Waals surface area contributed by atoms with Gasteiger partial charge in [0, 0.05) is 32.4 Å². The molecule has 0 aromatic carbocycles. The van der Waals surface area contributed by atoms with E-state index in [2.05, 4.69) is 45.7 Å². The molecule has 2 rings (SSSR count). The van der Waals surface area contributed by atoms with Crippen LogP contribution in [0.4, 0.5) is 0 Å². The molecular formula is C15H29IN6. The van der Waals surface area contributed by atoms with Crippen LogP contribution in [0.15, 0.2) is 17.4 Å². The number of aliphatic imine (C=N–C) groups is 1. The van der Waals surface area contributed by atoms with Crippen LogP contribution in [-0.4, -0.2) is 59.9 Å². The zero-order chi connectivity index (χ0) is 15.1. The first-order valence-electron chi connectivity index (χ1n) is 7.90. The summed E-state index contributed by atoms with van der Waals surface area (Å²) in [6.07, 6.45) is 6.53. The van der Waals surface area contributed by atoms with Crippen molar-refractivity contribution in [2.45, 2.75) is 39.3 Å². The number of hydrogen-bond donors (Lipinski definition) is 2. The summed E-state index contributed by atoms with van der Waals surface area (Å²) in [4.78, 5) is 6.82. The fourth-order valence-electron chi connectivity index (χ4n) is 2.86. The SMILES string of the molecule is CCN1CCCC1CNC(=NC)NCCn1cc(C)cn1.I. The molecule has 1 aromatic heterocycles. The van der Waals surface area contributed by atoms with Gasteiger partial charge in [-0.15, -0.1) is 24.0 Å². The van der Waals surface area contributed by atoms with Gasteiger partial charge in [-0.2, -0.15) is 5.10 Å². The molecule has 0 radical (unpaired) electrons. The Bertz CT molecular complexity index is 459. The van der Waals surface area contributed by atoms with Crippen LogP contribution in [0.3, 0.4) is 0 Å². The molecule has 0 aliphatic carbocycles. The minimum Gasteiger partial charge on any atom is -0.355 e. The first-order valence-corrected chi connectivity index (χ1v) is 7.90. The highest BCUT2D eigenvalue weighted by molar-refractivity contribution is 14.0. The van der Waals surface area contributed by atoms with E-state index >= 15 is 0 Å². The molecule has 0 bridgehead atoms. The molecule has 2 heterocycles. The van der Waals surface area contributed by atoms with Gasteiger partial charge >= 0.3 is 0 Å². The molecule has 1 aliphatic heterocycles. The standard InChI is InChI=1S/C15H28N6.HI/c1-4-20-8-5-6-14(20)11-18-15(16-3)17-7-9-21-12-13(2)10-19-21;/h10,12,14H,4-9,11H2,1-3H3,(H2,16,17,18);1H. The van der Waals surface area contributed by atoms with Gasteiger partial charge in [-0.05, 0) is 38.4 Å². The Morgan fingerprint density at radius 1 is 1.45 bits per heavy atom. The van der Waals surface area contributed by atoms with Gasteiger partial charge < -0.3 is 10.6 Å². The second-order valence-corrected chi connectivity index (χ2v) is 5.59. The molecule has 1 aromatic rings. The molecule has 2 N–H and O–H groups in total. The van der Waals surface area contributed by atoms with Crippen LogP contribution in [0.2, 0.25) is 0 Å². The van der Waals surface area contributed by atoms with Gasteiger partial charge in [0.1, 0.15) is 0 Å². The number of aryl methyl sites for hydroxylation is 1. The average molecular weight is 420 g/mol. The molecule has 7 heteroatoms. The Balaban J connectivity index is 0.00000242. The summed E-state index contributed by atoms with van der Waals surface area (Å²) in [5.74, 6) is 0.877. The highest BCUT2D eigenvalue weighted by Gasteiger charge is 2.22. The average Bonchev–Trinajstić information content (AvgIpc) is 3.11. The normalized spacial score (nSPS) is 19.0. The van der Waals surface area contributed by atoms with Crippen molar-refractivity contribution < 1.29 is 0 Å². The highest BCUT2D eigenvalue weighted by atomic mass is 127. The lowest BCUT2D eigenvalue weighted by atomic mass is 10.2. The topological polar surface area (TPSA) is 57.5 Å². The fraction of sp³-hybridized carbons (Fsp3) is 0.733. The van der Waals surface area contributed by atoms with E-state index in [1.165, 1.54) is 24.9 Å². The lowest BCUT2D eigenvalue weighted by molar-refractivity contribution is 0.267. The van der Waals surface area contributed by atoms with Crippen molar-refractivity contribution >= 4 is 29.9 Å². The first-order chi connectivity index (χ1) is 10.2. The van der Waals surface area contributed by atoms with Crippen molar-refractivity contribution in [1.82, 2.24) is 25.3 Å². The molecule has 126 valence electrons. The molecule has 1 fully saturated rings. The number of hydrogen-bond acceptors (Lipinski definition) is 3. The number of guanidine groups is 1. The van der Waals surface area contributed by atoms with Crippen molar-refractivity contribution in [3.63, 3.8) is 0 Å². The number of likely N-dealkylation sites (tertiary alicyclic amines) is 1. The molecule has 0 spiro atoms. The first kappa shape index (κ1) is 19.2. The number of nitrogens with zero attached hydrogens (tertiary/aromatic N) is 4. The molecule has 0 amide bonds. The predicted molar refractivity (Wildman–Crippen MR) is 102 cm³/mol. The summed E-state index contributed by atoms with van der Waals surface area (Å²) in [5, 5.41) is 11.1. The zero-order valence-electron chi connectivity index (χ0n) is 13.9. The molecule has 0 saturated carbocycles. The van der Waals surface area contributed by atoms with E-state index in [4.69, 9.17) is 0 Å². The zero-order valence-corrected chi connectivity index (χ0v) is 16.2. The number of halogens is 1. The Labute approximate surface area is 150 Å². The number of rotatable bonds is 6.